The molecular weight excluding hydrogens is 449 g/mol. The molecule has 2 aromatic carbocycles. The molecule has 0 unspecified atom stereocenters. The summed E-state index contributed by atoms with van der Waals surface area (Å²) in [5.74, 6) is -1.34. The zero-order valence-corrected chi connectivity index (χ0v) is 19.1. The Kier molecular flexibility index (Phi) is 6.12. The lowest BCUT2D eigenvalue weighted by Gasteiger charge is -2.17. The Morgan fingerprint density at radius 3 is 2.44 bits per heavy atom. The topological polar surface area (TPSA) is 69.7 Å². The average Bonchev–Trinajstić information content (AvgIpc) is 3.17. The van der Waals surface area contributed by atoms with E-state index in [2.05, 4.69) is 5.32 Å². The number of rotatable bonds is 5. The number of nitrogens with zero attached hydrogens (tertiary/aromatic N) is 2. The van der Waals surface area contributed by atoms with Crippen molar-refractivity contribution >= 4 is 63.0 Å². The molecule has 164 valence electrons. The van der Waals surface area contributed by atoms with Gasteiger partial charge < -0.3 is 5.32 Å². The first-order valence-electron chi connectivity index (χ1n) is 10.0. The molecule has 0 aromatic heterocycles. The SMILES string of the molecule is CC(C)CN1C(=O)/C(=C2\C(=O)N(CC(=O)Nc3ccc(F)cc3)c3ccccc32)SC1=S. The van der Waals surface area contributed by atoms with Crippen molar-refractivity contribution in [1.29, 1.82) is 0 Å². The van der Waals surface area contributed by atoms with E-state index in [0.717, 1.165) is 11.8 Å². The summed E-state index contributed by atoms with van der Waals surface area (Å²) in [6, 6.07) is 12.4. The number of anilines is 2. The molecule has 0 radical (unpaired) electrons. The molecule has 0 spiro atoms. The molecule has 32 heavy (non-hydrogen) atoms. The van der Waals surface area contributed by atoms with E-state index in [9.17, 15) is 18.8 Å². The molecule has 4 rings (SSSR count). The molecule has 2 aliphatic heterocycles. The predicted octanol–water partition coefficient (Wildman–Crippen LogP) is 4.04. The molecule has 2 aliphatic rings. The van der Waals surface area contributed by atoms with Gasteiger partial charge in [0.05, 0.1) is 16.2 Å². The van der Waals surface area contributed by atoms with E-state index in [1.165, 1.54) is 34.1 Å². The molecule has 2 aromatic rings. The summed E-state index contributed by atoms with van der Waals surface area (Å²) in [6.45, 7) is 4.20. The van der Waals surface area contributed by atoms with E-state index in [-0.39, 0.29) is 28.8 Å². The zero-order chi connectivity index (χ0) is 23.0. The zero-order valence-electron chi connectivity index (χ0n) is 17.4. The van der Waals surface area contributed by atoms with Crippen molar-refractivity contribution in [2.24, 2.45) is 5.92 Å². The van der Waals surface area contributed by atoms with Crippen molar-refractivity contribution in [1.82, 2.24) is 4.90 Å². The highest BCUT2D eigenvalue weighted by molar-refractivity contribution is 8.26. The van der Waals surface area contributed by atoms with Gasteiger partial charge in [-0.3, -0.25) is 24.2 Å². The van der Waals surface area contributed by atoms with E-state index in [4.69, 9.17) is 12.2 Å². The Morgan fingerprint density at radius 2 is 1.75 bits per heavy atom. The summed E-state index contributed by atoms with van der Waals surface area (Å²) in [5, 5.41) is 2.66. The monoisotopic (exact) mass is 469 g/mol. The third-order valence-electron chi connectivity index (χ3n) is 4.98. The molecule has 1 fully saturated rings. The number of nitrogens with one attached hydrogen (secondary N) is 1. The minimum atomic E-state index is -0.437. The maximum atomic E-state index is 13.4. The van der Waals surface area contributed by atoms with Crippen molar-refractivity contribution in [2.45, 2.75) is 13.8 Å². The van der Waals surface area contributed by atoms with E-state index >= 15 is 0 Å². The third kappa shape index (κ3) is 4.18. The summed E-state index contributed by atoms with van der Waals surface area (Å²) in [7, 11) is 0. The highest BCUT2D eigenvalue weighted by Crippen LogP contribution is 2.44. The molecule has 0 atom stereocenters. The van der Waals surface area contributed by atoms with Gasteiger partial charge in [0.25, 0.3) is 11.8 Å². The first-order chi connectivity index (χ1) is 15.3. The standard InChI is InChI=1S/C23H20FN3O3S2/c1-13(2)11-27-22(30)20(32-23(27)31)19-16-5-3-4-6-17(16)26(21(19)29)12-18(28)25-15-9-7-14(24)8-10-15/h3-10,13H,11-12H2,1-2H3,(H,25,28)/b20-19+. The lowest BCUT2D eigenvalue weighted by atomic mass is 10.1. The molecule has 6 nitrogen and oxygen atoms in total. The van der Waals surface area contributed by atoms with Crippen LogP contribution in [-0.4, -0.2) is 40.0 Å². The van der Waals surface area contributed by atoms with Crippen LogP contribution in [0.3, 0.4) is 0 Å². The second-order valence-corrected chi connectivity index (χ2v) is 9.49. The van der Waals surface area contributed by atoms with Gasteiger partial charge >= 0.3 is 0 Å². The number of para-hydroxylation sites is 1. The van der Waals surface area contributed by atoms with E-state index in [0.29, 0.717) is 27.8 Å². The fraction of sp³-hybridized carbons (Fsp3) is 0.217. The molecule has 3 amide bonds. The molecular formula is C23H20FN3O3S2. The maximum absolute atomic E-state index is 13.4. The van der Waals surface area contributed by atoms with Crippen LogP contribution in [0.4, 0.5) is 15.8 Å². The summed E-state index contributed by atoms with van der Waals surface area (Å²) >= 11 is 6.50. The van der Waals surface area contributed by atoms with Gasteiger partial charge in [-0.25, -0.2) is 4.39 Å². The quantitative estimate of drug-likeness (QED) is 0.529. The van der Waals surface area contributed by atoms with E-state index in [1.54, 1.807) is 24.3 Å². The Hall–Kier alpha value is -3.04. The molecule has 1 N–H and O–H groups in total. The molecule has 0 saturated carbocycles. The van der Waals surface area contributed by atoms with Crippen LogP contribution in [0, 0.1) is 11.7 Å². The number of hydrogen-bond donors (Lipinski definition) is 1. The lowest BCUT2D eigenvalue weighted by molar-refractivity contribution is -0.122. The van der Waals surface area contributed by atoms with Gasteiger partial charge in [-0.2, -0.15) is 0 Å². The summed E-state index contributed by atoms with van der Waals surface area (Å²) < 4.78 is 13.5. The predicted molar refractivity (Wildman–Crippen MR) is 127 cm³/mol. The highest BCUT2D eigenvalue weighted by Gasteiger charge is 2.42. The fourth-order valence-electron chi connectivity index (χ4n) is 3.61. The average molecular weight is 470 g/mol. The summed E-state index contributed by atoms with van der Waals surface area (Å²) in [5.41, 5.74) is 1.83. The van der Waals surface area contributed by atoms with E-state index < -0.39 is 17.6 Å². The van der Waals surface area contributed by atoms with Crippen molar-refractivity contribution in [3.63, 3.8) is 0 Å². The number of hydrogen-bond acceptors (Lipinski definition) is 5. The van der Waals surface area contributed by atoms with Crippen LogP contribution in [0.25, 0.3) is 5.57 Å². The van der Waals surface area contributed by atoms with Crippen molar-refractivity contribution in [3.8, 4) is 0 Å². The number of thioether (sulfide) groups is 1. The second-order valence-electron chi connectivity index (χ2n) is 7.85. The van der Waals surface area contributed by atoms with Gasteiger partial charge in [0.15, 0.2) is 0 Å². The van der Waals surface area contributed by atoms with Crippen LogP contribution in [0.15, 0.2) is 53.4 Å². The van der Waals surface area contributed by atoms with Gasteiger partial charge in [-0.05, 0) is 36.2 Å². The largest absolute Gasteiger partial charge is 0.325 e. The van der Waals surface area contributed by atoms with Gasteiger partial charge in [0, 0.05) is 17.8 Å². The Labute approximate surface area is 194 Å². The van der Waals surface area contributed by atoms with Crippen LogP contribution >= 0.6 is 24.0 Å². The molecule has 2 heterocycles. The lowest BCUT2D eigenvalue weighted by Crippen LogP contribution is -2.36. The van der Waals surface area contributed by atoms with E-state index in [1.807, 2.05) is 13.8 Å². The summed E-state index contributed by atoms with van der Waals surface area (Å²) in [6.07, 6.45) is 0. The third-order valence-corrected chi connectivity index (χ3v) is 6.43. The number of halogens is 1. The minimum absolute atomic E-state index is 0.222. The smallest absolute Gasteiger partial charge is 0.267 e. The molecule has 0 bridgehead atoms. The van der Waals surface area contributed by atoms with Crippen LogP contribution < -0.4 is 10.2 Å². The fourth-order valence-corrected chi connectivity index (χ4v) is 4.95. The van der Waals surface area contributed by atoms with Gasteiger partial charge in [0.2, 0.25) is 5.91 Å². The minimum Gasteiger partial charge on any atom is -0.325 e. The van der Waals surface area contributed by atoms with Crippen LogP contribution in [0.5, 0.6) is 0 Å². The number of benzene rings is 2. The Bertz CT molecular complexity index is 1160. The normalized spacial score (nSPS) is 18.1. The first kappa shape index (κ1) is 22.2. The second kappa shape index (κ2) is 8.84. The van der Waals surface area contributed by atoms with Crippen LogP contribution in [0.1, 0.15) is 19.4 Å². The maximum Gasteiger partial charge on any atom is 0.267 e. The Balaban J connectivity index is 1.63. The first-order valence-corrected chi connectivity index (χ1v) is 11.2. The molecule has 0 aliphatic carbocycles. The van der Waals surface area contributed by atoms with Gasteiger partial charge in [0.1, 0.15) is 16.7 Å². The van der Waals surface area contributed by atoms with Crippen LogP contribution in [-0.2, 0) is 14.4 Å². The number of carbonyl (C=O) groups is 3. The van der Waals surface area contributed by atoms with Crippen molar-refractivity contribution in [3.05, 3.63) is 64.8 Å². The van der Waals surface area contributed by atoms with Gasteiger partial charge in [-0.1, -0.05) is 56.0 Å². The van der Waals surface area contributed by atoms with Crippen molar-refractivity contribution < 1.29 is 18.8 Å². The highest BCUT2D eigenvalue weighted by atomic mass is 32.2. The molecule has 1 saturated heterocycles. The number of thiocarbonyl (C=S) groups is 1. The number of carbonyl (C=O) groups excluding carboxylic acids is 3. The van der Waals surface area contributed by atoms with Gasteiger partial charge in [-0.15, -0.1) is 0 Å². The number of fused-ring (bicyclic) bond motifs is 1. The van der Waals surface area contributed by atoms with Crippen LogP contribution in [0.2, 0.25) is 0 Å². The van der Waals surface area contributed by atoms with Crippen molar-refractivity contribution in [2.75, 3.05) is 23.3 Å². The molecule has 9 heteroatoms. The Morgan fingerprint density at radius 1 is 1.06 bits per heavy atom. The summed E-state index contributed by atoms with van der Waals surface area (Å²) in [4.78, 5) is 42.2. The number of amides is 3.